The van der Waals surface area contributed by atoms with Gasteiger partial charge in [-0.1, -0.05) is 24.2 Å². The molecule has 10 heteroatoms. The van der Waals surface area contributed by atoms with Gasteiger partial charge in [0.05, 0.1) is 21.8 Å². The Balaban J connectivity index is 1.66. The summed E-state index contributed by atoms with van der Waals surface area (Å²) in [7, 11) is 0. The van der Waals surface area contributed by atoms with E-state index in [-0.39, 0.29) is 6.61 Å². The number of halogens is 3. The maximum atomic E-state index is 12.8. The SMILES string of the molecule is CCC(Oc1ccc(C(C)=NOCc2sc(-c3ccc(C(F)(F)F)cc3)nc2C)cc1C)C(=O)O. The maximum Gasteiger partial charge on any atom is 0.416 e. The Morgan fingerprint density at radius 1 is 1.17 bits per heavy atom. The number of alkyl halides is 3. The molecule has 1 atom stereocenters. The fourth-order valence-corrected chi connectivity index (χ4v) is 4.17. The Kier molecular flexibility index (Phi) is 8.16. The van der Waals surface area contributed by atoms with Crippen LogP contribution >= 0.6 is 11.3 Å². The van der Waals surface area contributed by atoms with Crippen molar-refractivity contribution in [3.63, 3.8) is 0 Å². The number of hydrogen-bond acceptors (Lipinski definition) is 6. The number of aliphatic carboxylic acids is 1. The van der Waals surface area contributed by atoms with Gasteiger partial charge in [-0.15, -0.1) is 11.3 Å². The summed E-state index contributed by atoms with van der Waals surface area (Å²) in [6.07, 6.45) is -4.94. The lowest BCUT2D eigenvalue weighted by Crippen LogP contribution is -2.26. The maximum absolute atomic E-state index is 12.8. The molecule has 0 bridgehead atoms. The highest BCUT2D eigenvalue weighted by molar-refractivity contribution is 7.15. The third-order valence-electron chi connectivity index (χ3n) is 5.26. The first-order valence-electron chi connectivity index (χ1n) is 10.8. The van der Waals surface area contributed by atoms with E-state index in [1.54, 1.807) is 26.0 Å². The van der Waals surface area contributed by atoms with E-state index in [9.17, 15) is 23.1 Å². The lowest BCUT2D eigenvalue weighted by molar-refractivity contribution is -0.145. The molecule has 1 heterocycles. The van der Waals surface area contributed by atoms with E-state index in [0.717, 1.165) is 33.8 Å². The van der Waals surface area contributed by atoms with Gasteiger partial charge < -0.3 is 14.7 Å². The number of thiazole rings is 1. The fourth-order valence-electron chi connectivity index (χ4n) is 3.20. The zero-order valence-corrected chi connectivity index (χ0v) is 20.5. The molecule has 3 aromatic rings. The van der Waals surface area contributed by atoms with Crippen LogP contribution in [0.1, 0.15) is 47.5 Å². The van der Waals surface area contributed by atoms with Crippen molar-refractivity contribution in [2.75, 3.05) is 0 Å². The van der Waals surface area contributed by atoms with E-state index in [2.05, 4.69) is 10.1 Å². The Labute approximate surface area is 205 Å². The van der Waals surface area contributed by atoms with Gasteiger partial charge in [-0.3, -0.25) is 0 Å². The van der Waals surface area contributed by atoms with Crippen LogP contribution in [0.15, 0.2) is 47.6 Å². The van der Waals surface area contributed by atoms with Gasteiger partial charge in [0.15, 0.2) is 12.7 Å². The number of ether oxygens (including phenoxy) is 1. The van der Waals surface area contributed by atoms with Crippen molar-refractivity contribution in [3.8, 4) is 16.3 Å². The summed E-state index contributed by atoms with van der Waals surface area (Å²) in [5, 5.41) is 13.9. The molecule has 186 valence electrons. The van der Waals surface area contributed by atoms with E-state index >= 15 is 0 Å². The van der Waals surface area contributed by atoms with Crippen LogP contribution in [0, 0.1) is 13.8 Å². The van der Waals surface area contributed by atoms with Gasteiger partial charge in [0.1, 0.15) is 10.8 Å². The van der Waals surface area contributed by atoms with E-state index < -0.39 is 23.8 Å². The molecule has 0 saturated heterocycles. The van der Waals surface area contributed by atoms with E-state index in [1.165, 1.54) is 23.5 Å². The van der Waals surface area contributed by atoms with Gasteiger partial charge in [-0.25, -0.2) is 9.78 Å². The predicted octanol–water partition coefficient (Wildman–Crippen LogP) is 6.63. The van der Waals surface area contributed by atoms with Crippen molar-refractivity contribution < 1.29 is 32.6 Å². The van der Waals surface area contributed by atoms with Crippen LogP contribution in [-0.2, 0) is 22.4 Å². The van der Waals surface area contributed by atoms with Crippen LogP contribution in [0.25, 0.3) is 10.6 Å². The summed E-state index contributed by atoms with van der Waals surface area (Å²) in [6, 6.07) is 10.2. The van der Waals surface area contributed by atoms with E-state index in [4.69, 9.17) is 9.57 Å². The smallest absolute Gasteiger partial charge is 0.416 e. The second kappa shape index (κ2) is 10.9. The van der Waals surface area contributed by atoms with Crippen LogP contribution in [0.3, 0.4) is 0 Å². The number of aryl methyl sites for hydroxylation is 2. The molecule has 0 saturated carbocycles. The number of benzene rings is 2. The van der Waals surface area contributed by atoms with Crippen molar-refractivity contribution in [2.45, 2.75) is 53.0 Å². The number of nitrogens with zero attached hydrogens (tertiary/aromatic N) is 2. The van der Waals surface area contributed by atoms with Gasteiger partial charge in [0.2, 0.25) is 0 Å². The highest BCUT2D eigenvalue weighted by Gasteiger charge is 2.30. The highest BCUT2D eigenvalue weighted by atomic mass is 32.1. The molecule has 0 aliphatic carbocycles. The van der Waals surface area contributed by atoms with Crippen LogP contribution in [-0.4, -0.2) is 27.9 Å². The van der Waals surface area contributed by atoms with Gasteiger partial charge in [-0.05, 0) is 68.7 Å². The summed E-state index contributed by atoms with van der Waals surface area (Å²) >= 11 is 1.34. The Morgan fingerprint density at radius 3 is 2.43 bits per heavy atom. The number of aromatic nitrogens is 1. The first kappa shape index (κ1) is 26.2. The van der Waals surface area contributed by atoms with Crippen molar-refractivity contribution in [3.05, 3.63) is 69.7 Å². The molecule has 0 aliphatic rings. The third-order valence-corrected chi connectivity index (χ3v) is 6.44. The summed E-state index contributed by atoms with van der Waals surface area (Å²) in [5.41, 5.74) is 2.81. The topological polar surface area (TPSA) is 81.0 Å². The van der Waals surface area contributed by atoms with Crippen molar-refractivity contribution >= 4 is 23.0 Å². The first-order chi connectivity index (χ1) is 16.5. The third kappa shape index (κ3) is 6.60. The number of carboxylic acids is 1. The quantitative estimate of drug-likeness (QED) is 0.260. The van der Waals surface area contributed by atoms with Crippen molar-refractivity contribution in [1.82, 2.24) is 4.98 Å². The minimum atomic E-state index is -4.38. The normalized spacial score (nSPS) is 12.9. The minimum Gasteiger partial charge on any atom is -0.479 e. The molecule has 1 N–H and O–H groups in total. The lowest BCUT2D eigenvalue weighted by Gasteiger charge is -2.15. The molecule has 3 rings (SSSR count). The molecular formula is C25H25F3N2O4S. The number of hydrogen-bond donors (Lipinski definition) is 1. The molecule has 0 radical (unpaired) electrons. The molecule has 0 spiro atoms. The minimum absolute atomic E-state index is 0.165. The zero-order chi connectivity index (χ0) is 25.8. The average molecular weight is 507 g/mol. The Bertz CT molecular complexity index is 1220. The largest absolute Gasteiger partial charge is 0.479 e. The highest BCUT2D eigenvalue weighted by Crippen LogP contribution is 2.33. The molecular weight excluding hydrogens is 481 g/mol. The van der Waals surface area contributed by atoms with Crippen molar-refractivity contribution in [1.29, 1.82) is 0 Å². The molecule has 6 nitrogen and oxygen atoms in total. The van der Waals surface area contributed by atoms with Gasteiger partial charge in [0, 0.05) is 5.56 Å². The average Bonchev–Trinajstić information content (AvgIpc) is 3.17. The molecule has 35 heavy (non-hydrogen) atoms. The predicted molar refractivity (Wildman–Crippen MR) is 128 cm³/mol. The fraction of sp³-hybridized carbons (Fsp3) is 0.320. The molecule has 1 unspecified atom stereocenters. The second-order valence-electron chi connectivity index (χ2n) is 7.89. The lowest BCUT2D eigenvalue weighted by atomic mass is 10.1. The number of carboxylic acid groups (broad SMARTS) is 1. The van der Waals surface area contributed by atoms with Gasteiger partial charge in [-0.2, -0.15) is 13.2 Å². The Morgan fingerprint density at radius 2 is 1.86 bits per heavy atom. The second-order valence-corrected chi connectivity index (χ2v) is 8.97. The van der Waals surface area contributed by atoms with Crippen LogP contribution in [0.5, 0.6) is 5.75 Å². The van der Waals surface area contributed by atoms with Crippen LogP contribution in [0.4, 0.5) is 13.2 Å². The van der Waals surface area contributed by atoms with Crippen molar-refractivity contribution in [2.24, 2.45) is 5.16 Å². The number of oxime groups is 1. The van der Waals surface area contributed by atoms with E-state index in [0.29, 0.717) is 28.5 Å². The molecule has 1 aromatic heterocycles. The summed E-state index contributed by atoms with van der Waals surface area (Å²) in [4.78, 5) is 22.0. The first-order valence-corrected chi connectivity index (χ1v) is 11.6. The molecule has 0 amide bonds. The summed E-state index contributed by atoms with van der Waals surface area (Å²) in [5.74, 6) is -0.519. The Hall–Kier alpha value is -3.40. The summed E-state index contributed by atoms with van der Waals surface area (Å²) in [6.45, 7) is 7.33. The number of rotatable bonds is 9. The molecule has 2 aromatic carbocycles. The van der Waals surface area contributed by atoms with E-state index in [1.807, 2.05) is 19.9 Å². The number of carbonyl (C=O) groups is 1. The van der Waals surface area contributed by atoms with Crippen LogP contribution in [0.2, 0.25) is 0 Å². The zero-order valence-electron chi connectivity index (χ0n) is 19.6. The van der Waals surface area contributed by atoms with Gasteiger partial charge in [0.25, 0.3) is 0 Å². The standard InChI is InChI=1S/C25H25F3N2O4S/c1-5-20(24(31)32)34-21-11-8-18(12-14(21)2)15(3)30-33-13-22-16(4)29-23(35-22)17-6-9-19(10-7-17)25(26,27)28/h6-12,20H,5,13H2,1-4H3,(H,31,32). The van der Waals surface area contributed by atoms with Gasteiger partial charge >= 0.3 is 12.1 Å². The summed E-state index contributed by atoms with van der Waals surface area (Å²) < 4.78 is 43.9. The molecule has 0 fully saturated rings. The van der Waals surface area contributed by atoms with Crippen LogP contribution < -0.4 is 4.74 Å². The monoisotopic (exact) mass is 506 g/mol. The molecule has 0 aliphatic heterocycles.